The van der Waals surface area contributed by atoms with Gasteiger partial charge in [0.2, 0.25) is 0 Å². The number of morpholine rings is 1. The highest BCUT2D eigenvalue weighted by molar-refractivity contribution is 7.80. The van der Waals surface area contributed by atoms with Crippen LogP contribution < -0.4 is 5.73 Å². The second-order valence-corrected chi connectivity index (χ2v) is 4.91. The molecule has 16 heavy (non-hydrogen) atoms. The van der Waals surface area contributed by atoms with Gasteiger partial charge in [-0.2, -0.15) is 0 Å². The van der Waals surface area contributed by atoms with Crippen molar-refractivity contribution >= 4 is 34.5 Å². The number of hydrogen-bond acceptors (Lipinski definition) is 4. The zero-order valence-electron chi connectivity index (χ0n) is 8.59. The first kappa shape index (κ1) is 11.5. The molecule has 4 nitrogen and oxygen atoms in total. The van der Waals surface area contributed by atoms with Crippen molar-refractivity contribution in [3.63, 3.8) is 0 Å². The minimum atomic E-state index is -0.312. The zero-order valence-corrected chi connectivity index (χ0v) is 10.2. The molecule has 0 saturated carbocycles. The first-order chi connectivity index (χ1) is 7.68. The van der Waals surface area contributed by atoms with Crippen LogP contribution in [0.3, 0.4) is 0 Å². The number of hydrogen-bond donors (Lipinski definition) is 1. The van der Waals surface area contributed by atoms with Crippen LogP contribution in [0.4, 0.5) is 0 Å². The van der Waals surface area contributed by atoms with Gasteiger partial charge in [-0.05, 0) is 11.4 Å². The Hall–Kier alpha value is -0.980. The number of amides is 1. The van der Waals surface area contributed by atoms with Crippen molar-refractivity contribution in [1.29, 1.82) is 0 Å². The van der Waals surface area contributed by atoms with E-state index in [0.717, 1.165) is 4.88 Å². The van der Waals surface area contributed by atoms with Gasteiger partial charge < -0.3 is 15.4 Å². The van der Waals surface area contributed by atoms with E-state index in [2.05, 4.69) is 0 Å². The lowest BCUT2D eigenvalue weighted by atomic mass is 10.2. The summed E-state index contributed by atoms with van der Waals surface area (Å²) in [6.45, 7) is 1.53. The molecule has 6 heteroatoms. The van der Waals surface area contributed by atoms with Crippen molar-refractivity contribution in [2.45, 2.75) is 6.10 Å². The summed E-state index contributed by atoms with van der Waals surface area (Å²) in [5, 5.41) is 1.89. The summed E-state index contributed by atoms with van der Waals surface area (Å²) in [7, 11) is 0. The number of nitrogens with two attached hydrogens (primary N) is 1. The third-order valence-electron chi connectivity index (χ3n) is 2.40. The van der Waals surface area contributed by atoms with E-state index in [9.17, 15) is 4.79 Å². The van der Waals surface area contributed by atoms with Gasteiger partial charge in [-0.1, -0.05) is 18.3 Å². The molecule has 0 bridgehead atoms. The van der Waals surface area contributed by atoms with E-state index in [0.29, 0.717) is 24.7 Å². The van der Waals surface area contributed by atoms with Crippen LogP contribution >= 0.6 is 23.6 Å². The van der Waals surface area contributed by atoms with E-state index in [1.165, 1.54) is 11.3 Å². The smallest absolute Gasteiger partial charge is 0.264 e. The predicted molar refractivity (Wildman–Crippen MR) is 66.7 cm³/mol. The zero-order chi connectivity index (χ0) is 11.5. The molecule has 0 radical (unpaired) electrons. The van der Waals surface area contributed by atoms with Gasteiger partial charge >= 0.3 is 0 Å². The van der Waals surface area contributed by atoms with Crippen molar-refractivity contribution < 1.29 is 9.53 Å². The molecule has 2 heterocycles. The third-order valence-corrected chi connectivity index (χ3v) is 3.52. The van der Waals surface area contributed by atoms with Crippen LogP contribution in [0.2, 0.25) is 0 Å². The summed E-state index contributed by atoms with van der Waals surface area (Å²) in [6, 6.07) is 3.68. The molecule has 1 saturated heterocycles. The first-order valence-corrected chi connectivity index (χ1v) is 6.21. The number of thiophene rings is 1. The molecule has 1 aliphatic rings. The highest BCUT2D eigenvalue weighted by Crippen LogP contribution is 2.14. The number of thiocarbonyl (C=S) groups is 1. The molecule has 2 rings (SSSR count). The van der Waals surface area contributed by atoms with Crippen LogP contribution in [0, 0.1) is 0 Å². The van der Waals surface area contributed by atoms with Gasteiger partial charge in [-0.3, -0.25) is 4.79 Å². The van der Waals surface area contributed by atoms with Crippen LogP contribution in [-0.2, 0) is 4.74 Å². The summed E-state index contributed by atoms with van der Waals surface area (Å²) >= 11 is 6.31. The molecule has 2 N–H and O–H groups in total. The number of ether oxygens (including phenoxy) is 1. The van der Waals surface area contributed by atoms with Crippen LogP contribution in [-0.4, -0.2) is 41.6 Å². The molecule has 86 valence electrons. The lowest BCUT2D eigenvalue weighted by molar-refractivity contribution is 0.00903. The molecule has 1 unspecified atom stereocenters. The van der Waals surface area contributed by atoms with Crippen molar-refractivity contribution in [2.75, 3.05) is 19.7 Å². The number of rotatable bonds is 2. The first-order valence-electron chi connectivity index (χ1n) is 4.92. The van der Waals surface area contributed by atoms with Crippen molar-refractivity contribution in [3.05, 3.63) is 22.4 Å². The summed E-state index contributed by atoms with van der Waals surface area (Å²) in [6.07, 6.45) is -0.312. The highest BCUT2D eigenvalue weighted by atomic mass is 32.1. The Kier molecular flexibility index (Phi) is 3.52. The van der Waals surface area contributed by atoms with Crippen molar-refractivity contribution in [1.82, 2.24) is 4.90 Å². The largest absolute Gasteiger partial charge is 0.391 e. The molecule has 0 aliphatic carbocycles. The van der Waals surface area contributed by atoms with E-state index in [-0.39, 0.29) is 12.0 Å². The molecule has 1 aromatic heterocycles. The van der Waals surface area contributed by atoms with Crippen LogP contribution in [0.15, 0.2) is 17.5 Å². The Balaban J connectivity index is 2.05. The molecule has 0 spiro atoms. The van der Waals surface area contributed by atoms with Gasteiger partial charge in [0, 0.05) is 6.54 Å². The van der Waals surface area contributed by atoms with Gasteiger partial charge in [0.25, 0.3) is 5.91 Å². The Morgan fingerprint density at radius 3 is 3.12 bits per heavy atom. The van der Waals surface area contributed by atoms with Gasteiger partial charge in [-0.25, -0.2) is 0 Å². The Bertz CT molecular complexity index is 392. The lowest BCUT2D eigenvalue weighted by Gasteiger charge is -2.32. The molecule has 1 aliphatic heterocycles. The van der Waals surface area contributed by atoms with Crippen molar-refractivity contribution in [3.8, 4) is 0 Å². The van der Waals surface area contributed by atoms with Crippen LogP contribution in [0.5, 0.6) is 0 Å². The highest BCUT2D eigenvalue weighted by Gasteiger charge is 2.26. The second-order valence-electron chi connectivity index (χ2n) is 3.49. The van der Waals surface area contributed by atoms with E-state index in [1.54, 1.807) is 4.90 Å². The standard InChI is InChI=1S/C10H12N2O2S2/c11-9(15)7-6-12(3-4-14-7)10(13)8-2-1-5-16-8/h1-2,5,7H,3-4,6H2,(H2,11,15). The third kappa shape index (κ3) is 2.40. The molecular formula is C10H12N2O2S2. The fourth-order valence-electron chi connectivity index (χ4n) is 1.56. The van der Waals surface area contributed by atoms with Gasteiger partial charge in [0.1, 0.15) is 11.1 Å². The summed E-state index contributed by atoms with van der Waals surface area (Å²) in [5.74, 6) is 0.0274. The Morgan fingerprint density at radius 1 is 1.69 bits per heavy atom. The van der Waals surface area contributed by atoms with E-state index in [4.69, 9.17) is 22.7 Å². The van der Waals surface area contributed by atoms with Gasteiger partial charge in [0.05, 0.1) is 18.0 Å². The molecule has 1 atom stereocenters. The SMILES string of the molecule is NC(=S)C1CN(C(=O)c2cccs2)CCO1. The van der Waals surface area contributed by atoms with Crippen molar-refractivity contribution in [2.24, 2.45) is 5.73 Å². The second kappa shape index (κ2) is 4.90. The summed E-state index contributed by atoms with van der Waals surface area (Å²) < 4.78 is 5.38. The number of nitrogens with zero attached hydrogens (tertiary/aromatic N) is 1. The van der Waals surface area contributed by atoms with Gasteiger partial charge in [-0.15, -0.1) is 11.3 Å². The molecule has 1 amide bonds. The maximum absolute atomic E-state index is 12.0. The minimum Gasteiger partial charge on any atom is -0.391 e. The number of carbonyl (C=O) groups excluding carboxylic acids is 1. The normalized spacial score (nSPS) is 20.8. The quantitative estimate of drug-likeness (QED) is 0.798. The average Bonchev–Trinajstić information content (AvgIpc) is 2.81. The topological polar surface area (TPSA) is 55.6 Å². The maximum atomic E-state index is 12.0. The Labute approximate surface area is 103 Å². The molecule has 0 aromatic carbocycles. The number of carbonyl (C=O) groups is 1. The summed E-state index contributed by atoms with van der Waals surface area (Å²) in [5.41, 5.74) is 5.52. The van der Waals surface area contributed by atoms with Gasteiger partial charge in [0.15, 0.2) is 0 Å². The Morgan fingerprint density at radius 2 is 2.50 bits per heavy atom. The fourth-order valence-corrected chi connectivity index (χ4v) is 2.40. The maximum Gasteiger partial charge on any atom is 0.264 e. The van der Waals surface area contributed by atoms with Crippen LogP contribution in [0.1, 0.15) is 9.67 Å². The van der Waals surface area contributed by atoms with E-state index in [1.807, 2.05) is 17.5 Å². The summed E-state index contributed by atoms with van der Waals surface area (Å²) in [4.78, 5) is 14.8. The van der Waals surface area contributed by atoms with E-state index < -0.39 is 0 Å². The van der Waals surface area contributed by atoms with E-state index >= 15 is 0 Å². The molecule has 1 fully saturated rings. The monoisotopic (exact) mass is 256 g/mol. The lowest BCUT2D eigenvalue weighted by Crippen LogP contribution is -2.49. The fraction of sp³-hybridized carbons (Fsp3) is 0.400. The molecule has 1 aromatic rings. The average molecular weight is 256 g/mol. The minimum absolute atomic E-state index is 0.0274. The molecular weight excluding hydrogens is 244 g/mol. The van der Waals surface area contributed by atoms with Crippen LogP contribution in [0.25, 0.3) is 0 Å². The predicted octanol–water partition coefficient (Wildman–Crippen LogP) is 0.875.